The minimum absolute atomic E-state index is 0.214. The summed E-state index contributed by atoms with van der Waals surface area (Å²) in [7, 11) is 0. The predicted octanol–water partition coefficient (Wildman–Crippen LogP) is 16.5. The second-order valence-corrected chi connectivity index (χ2v) is 15.8. The highest BCUT2D eigenvalue weighted by molar-refractivity contribution is 5.83. The molecule has 0 radical (unpaired) electrons. The summed E-state index contributed by atoms with van der Waals surface area (Å²) >= 11 is 0. The normalized spacial score (nSPS) is 13.2. The first-order chi connectivity index (χ1) is 31.2. The van der Waals surface area contributed by atoms with Gasteiger partial charge in [-0.15, -0.1) is 0 Å². The summed E-state index contributed by atoms with van der Waals surface area (Å²) in [6, 6.07) is 89.0. The number of hydrogen-bond donors (Lipinski definition) is 0. The third-order valence-electron chi connectivity index (χ3n) is 11.8. The number of hydrogen-bond acceptors (Lipinski definition) is 3. The van der Waals surface area contributed by atoms with Crippen molar-refractivity contribution in [3.63, 3.8) is 0 Å². The van der Waals surface area contributed by atoms with Crippen LogP contribution in [0.1, 0.15) is 12.0 Å². The number of benzene rings is 9. The van der Waals surface area contributed by atoms with E-state index in [0.717, 1.165) is 40.5 Å². The number of nitrogens with zero attached hydrogens (tertiary/aromatic N) is 3. The van der Waals surface area contributed by atoms with Crippen molar-refractivity contribution in [3.05, 3.63) is 273 Å². The Balaban J connectivity index is 0.926. The molecule has 0 spiro atoms. The Morgan fingerprint density at radius 1 is 0.270 bits per heavy atom. The minimum Gasteiger partial charge on any atom is -0.334 e. The zero-order valence-electron chi connectivity index (χ0n) is 35.0. The molecule has 9 aromatic carbocycles. The van der Waals surface area contributed by atoms with Gasteiger partial charge in [-0.25, -0.2) is 0 Å². The van der Waals surface area contributed by atoms with Gasteiger partial charge in [-0.1, -0.05) is 170 Å². The molecular weight excluding hydrogens is 763 g/mol. The molecule has 1 aliphatic carbocycles. The standard InChI is InChI=1S/C60H47N3/c1-6-16-46(17-7-1)47-26-36-58(37-27-47)63(59-42-32-50(33-43-59)48-28-38-56(39-29-48)61(52-18-8-2-9-19-52)53-20-10-3-11-21-53)60-44-34-51(35-45-60)49-30-40-57(41-31-49)62(54-22-12-4-13-23-54)55-24-14-5-15-25-55/h1-40,42-45,57H,41H2. The first kappa shape index (κ1) is 39.0. The molecule has 10 rings (SSSR count). The van der Waals surface area contributed by atoms with Gasteiger partial charge in [0.1, 0.15) is 0 Å². The maximum Gasteiger partial charge on any atom is 0.0560 e. The Labute approximate surface area is 371 Å². The van der Waals surface area contributed by atoms with E-state index >= 15 is 0 Å². The SMILES string of the molecule is C1=CC(N(c2ccccc2)c2ccccc2)CC=C1c1ccc(N(c2ccc(-c3ccccc3)cc2)c2ccc(-c3ccc(N(c4ccccc4)c4ccccc4)cc3)cc2)cc1. The van der Waals surface area contributed by atoms with Gasteiger partial charge in [0.25, 0.3) is 0 Å². The smallest absolute Gasteiger partial charge is 0.0560 e. The van der Waals surface area contributed by atoms with Crippen molar-refractivity contribution in [2.45, 2.75) is 12.5 Å². The molecule has 0 aliphatic heterocycles. The molecule has 1 aliphatic rings. The summed E-state index contributed by atoms with van der Waals surface area (Å²) in [5.74, 6) is 0. The van der Waals surface area contributed by atoms with E-state index < -0.39 is 0 Å². The molecule has 63 heavy (non-hydrogen) atoms. The molecule has 0 amide bonds. The zero-order chi connectivity index (χ0) is 42.2. The highest BCUT2D eigenvalue weighted by Gasteiger charge is 2.21. The summed E-state index contributed by atoms with van der Waals surface area (Å²) in [6.45, 7) is 0. The topological polar surface area (TPSA) is 9.72 Å². The average molecular weight is 810 g/mol. The largest absolute Gasteiger partial charge is 0.334 e. The van der Waals surface area contributed by atoms with Crippen molar-refractivity contribution in [1.29, 1.82) is 0 Å². The van der Waals surface area contributed by atoms with Gasteiger partial charge in [0.2, 0.25) is 0 Å². The minimum atomic E-state index is 0.214. The van der Waals surface area contributed by atoms with E-state index in [0.29, 0.717) is 0 Å². The van der Waals surface area contributed by atoms with E-state index in [1.807, 2.05) is 0 Å². The van der Waals surface area contributed by atoms with Crippen LogP contribution in [0.5, 0.6) is 0 Å². The molecule has 0 saturated heterocycles. The summed E-state index contributed by atoms with van der Waals surface area (Å²) in [4.78, 5) is 7.07. The van der Waals surface area contributed by atoms with Crippen LogP contribution in [0, 0.1) is 0 Å². The predicted molar refractivity (Wildman–Crippen MR) is 267 cm³/mol. The lowest BCUT2D eigenvalue weighted by Gasteiger charge is -2.33. The highest BCUT2D eigenvalue weighted by atomic mass is 15.2. The van der Waals surface area contributed by atoms with E-state index in [-0.39, 0.29) is 6.04 Å². The summed E-state index contributed by atoms with van der Waals surface area (Å²) in [5.41, 5.74) is 16.2. The van der Waals surface area contributed by atoms with Crippen molar-refractivity contribution < 1.29 is 0 Å². The lowest BCUT2D eigenvalue weighted by molar-refractivity contribution is 0.787. The molecule has 302 valence electrons. The van der Waals surface area contributed by atoms with Crippen LogP contribution in [0.25, 0.3) is 27.8 Å². The van der Waals surface area contributed by atoms with E-state index in [1.165, 1.54) is 44.8 Å². The van der Waals surface area contributed by atoms with Crippen molar-refractivity contribution in [2.24, 2.45) is 0 Å². The number of rotatable bonds is 12. The molecule has 1 atom stereocenters. The van der Waals surface area contributed by atoms with Crippen LogP contribution in [0.15, 0.2) is 267 Å². The van der Waals surface area contributed by atoms with Gasteiger partial charge in [-0.05, 0) is 137 Å². The molecule has 3 nitrogen and oxygen atoms in total. The molecule has 0 aromatic heterocycles. The van der Waals surface area contributed by atoms with Crippen LogP contribution in [-0.2, 0) is 0 Å². The van der Waals surface area contributed by atoms with E-state index in [2.05, 4.69) is 282 Å². The van der Waals surface area contributed by atoms with Gasteiger partial charge in [-0.3, -0.25) is 0 Å². The average Bonchev–Trinajstić information content (AvgIpc) is 3.37. The Morgan fingerprint density at radius 2 is 0.556 bits per heavy atom. The molecule has 0 saturated carbocycles. The first-order valence-corrected chi connectivity index (χ1v) is 21.7. The maximum atomic E-state index is 2.43. The second-order valence-electron chi connectivity index (χ2n) is 15.8. The summed E-state index contributed by atoms with van der Waals surface area (Å²) in [5, 5.41) is 0. The Morgan fingerprint density at radius 3 is 0.889 bits per heavy atom. The lowest BCUT2D eigenvalue weighted by atomic mass is 9.95. The maximum absolute atomic E-state index is 2.43. The Kier molecular flexibility index (Phi) is 11.3. The Hall–Kier alpha value is -8.14. The van der Waals surface area contributed by atoms with Gasteiger partial charge in [-0.2, -0.15) is 0 Å². The molecule has 9 aromatic rings. The van der Waals surface area contributed by atoms with Gasteiger partial charge in [0, 0.05) is 45.5 Å². The molecule has 0 N–H and O–H groups in total. The van der Waals surface area contributed by atoms with Crippen molar-refractivity contribution in [2.75, 3.05) is 14.7 Å². The highest BCUT2D eigenvalue weighted by Crippen LogP contribution is 2.40. The van der Waals surface area contributed by atoms with E-state index in [1.54, 1.807) is 0 Å². The van der Waals surface area contributed by atoms with Crippen molar-refractivity contribution in [1.82, 2.24) is 0 Å². The number of para-hydroxylation sites is 4. The fraction of sp³-hybridized carbons (Fsp3) is 0.0333. The second kappa shape index (κ2) is 18.2. The monoisotopic (exact) mass is 809 g/mol. The van der Waals surface area contributed by atoms with E-state index in [9.17, 15) is 0 Å². The number of anilines is 8. The molecule has 0 bridgehead atoms. The molecule has 0 fully saturated rings. The fourth-order valence-electron chi connectivity index (χ4n) is 8.61. The van der Waals surface area contributed by atoms with Crippen LogP contribution in [0.3, 0.4) is 0 Å². The third kappa shape index (κ3) is 8.59. The van der Waals surface area contributed by atoms with Gasteiger partial charge in [0.05, 0.1) is 6.04 Å². The first-order valence-electron chi connectivity index (χ1n) is 21.7. The van der Waals surface area contributed by atoms with Gasteiger partial charge in [0.15, 0.2) is 0 Å². The van der Waals surface area contributed by atoms with Crippen molar-refractivity contribution in [3.8, 4) is 22.3 Å². The fourth-order valence-corrected chi connectivity index (χ4v) is 8.61. The number of allylic oxidation sites excluding steroid dienone is 2. The summed E-state index contributed by atoms with van der Waals surface area (Å²) in [6.07, 6.45) is 7.92. The van der Waals surface area contributed by atoms with Gasteiger partial charge < -0.3 is 14.7 Å². The Bertz CT molecular complexity index is 2830. The van der Waals surface area contributed by atoms with Crippen LogP contribution in [-0.4, -0.2) is 6.04 Å². The summed E-state index contributed by atoms with van der Waals surface area (Å²) < 4.78 is 0. The van der Waals surface area contributed by atoms with Gasteiger partial charge >= 0.3 is 0 Å². The quantitative estimate of drug-likeness (QED) is 0.122. The molecule has 3 heteroatoms. The van der Waals surface area contributed by atoms with Crippen LogP contribution < -0.4 is 14.7 Å². The lowest BCUT2D eigenvalue weighted by Crippen LogP contribution is -2.30. The van der Waals surface area contributed by atoms with Crippen LogP contribution >= 0.6 is 0 Å². The molecule has 0 heterocycles. The van der Waals surface area contributed by atoms with Crippen LogP contribution in [0.4, 0.5) is 45.5 Å². The molecule has 1 unspecified atom stereocenters. The van der Waals surface area contributed by atoms with Crippen molar-refractivity contribution >= 4 is 51.1 Å². The third-order valence-corrected chi connectivity index (χ3v) is 11.8. The zero-order valence-corrected chi connectivity index (χ0v) is 35.0. The van der Waals surface area contributed by atoms with E-state index in [4.69, 9.17) is 0 Å². The molecular formula is C60H47N3. The van der Waals surface area contributed by atoms with Crippen LogP contribution in [0.2, 0.25) is 0 Å².